The Bertz CT molecular complexity index is 428. The summed E-state index contributed by atoms with van der Waals surface area (Å²) in [6.45, 7) is 1.56. The van der Waals surface area contributed by atoms with Crippen molar-refractivity contribution in [2.24, 2.45) is 5.92 Å². The molecule has 1 aliphatic carbocycles. The van der Waals surface area contributed by atoms with Crippen LogP contribution < -0.4 is 5.23 Å². The molecule has 16 heavy (non-hydrogen) atoms. The summed E-state index contributed by atoms with van der Waals surface area (Å²) in [5.41, 5.74) is 1.22. The topological polar surface area (TPSA) is 81.0 Å². The number of ketones is 1. The van der Waals surface area contributed by atoms with Crippen LogP contribution in [0, 0.1) is 5.92 Å². The highest BCUT2D eigenvalue weighted by atomic mass is 16.8. The zero-order valence-corrected chi connectivity index (χ0v) is 8.79. The Hall–Kier alpha value is -1.43. The lowest BCUT2D eigenvalue weighted by Crippen LogP contribution is -2.22. The van der Waals surface area contributed by atoms with Gasteiger partial charge in [0.05, 0.1) is 17.7 Å². The molecule has 1 aromatic carbocycles. The van der Waals surface area contributed by atoms with Gasteiger partial charge in [-0.3, -0.25) is 15.2 Å². The number of hydrogen-bond donors (Lipinski definition) is 3. The number of carbonyl (C=O) groups excluding carboxylic acids is 1. The first-order chi connectivity index (χ1) is 7.52. The molecular weight excluding hydrogens is 210 g/mol. The number of benzene rings is 1. The minimum Gasteiger partial charge on any atom is -0.393 e. The van der Waals surface area contributed by atoms with Crippen molar-refractivity contribution in [1.82, 2.24) is 0 Å². The second-order valence-corrected chi connectivity index (χ2v) is 4.01. The highest BCUT2D eigenvalue weighted by molar-refractivity contribution is 6.04. The molecule has 5 heteroatoms. The fourth-order valence-corrected chi connectivity index (χ4v) is 2.11. The second kappa shape index (κ2) is 3.86. The average Bonchev–Trinajstić information content (AvgIpc) is 2.56. The predicted octanol–water partition coefficient (Wildman–Crippen LogP) is 1.01. The van der Waals surface area contributed by atoms with Crippen molar-refractivity contribution in [1.29, 1.82) is 0 Å². The van der Waals surface area contributed by atoms with Gasteiger partial charge < -0.3 is 5.11 Å². The van der Waals surface area contributed by atoms with Crippen LogP contribution in [-0.4, -0.2) is 27.4 Å². The van der Waals surface area contributed by atoms with Crippen molar-refractivity contribution in [3.05, 3.63) is 29.3 Å². The molecule has 5 nitrogen and oxygen atoms in total. The van der Waals surface area contributed by atoms with Gasteiger partial charge in [0.25, 0.3) is 0 Å². The van der Waals surface area contributed by atoms with Crippen molar-refractivity contribution < 1.29 is 20.3 Å². The normalized spacial score (nSPS) is 20.8. The minimum absolute atomic E-state index is 0.0105. The van der Waals surface area contributed by atoms with Crippen molar-refractivity contribution in [3.8, 4) is 0 Å². The van der Waals surface area contributed by atoms with Gasteiger partial charge in [0.15, 0.2) is 5.78 Å². The number of aliphatic hydroxyl groups excluding tert-OH is 1. The van der Waals surface area contributed by atoms with Gasteiger partial charge in [-0.05, 0) is 25.0 Å². The number of carbonyl (C=O) groups is 1. The van der Waals surface area contributed by atoms with Gasteiger partial charge in [-0.1, -0.05) is 12.1 Å². The first-order valence-electron chi connectivity index (χ1n) is 5.04. The maximum absolute atomic E-state index is 11.9. The van der Waals surface area contributed by atoms with E-state index in [0.29, 0.717) is 17.5 Å². The quantitative estimate of drug-likeness (QED) is 0.652. The SMILES string of the molecule is CC(O)C1Cc2c(cccc2N(O)O)C1=O. The molecule has 0 radical (unpaired) electrons. The Balaban J connectivity index is 2.47. The maximum atomic E-state index is 11.9. The lowest BCUT2D eigenvalue weighted by Gasteiger charge is -2.12. The molecule has 0 heterocycles. The molecule has 2 rings (SSSR count). The molecule has 2 atom stereocenters. The smallest absolute Gasteiger partial charge is 0.169 e. The van der Waals surface area contributed by atoms with E-state index in [4.69, 9.17) is 10.4 Å². The summed E-state index contributed by atoms with van der Waals surface area (Å²) in [6.07, 6.45) is -0.404. The summed E-state index contributed by atoms with van der Waals surface area (Å²) in [5, 5.41) is 27.5. The van der Waals surface area contributed by atoms with Gasteiger partial charge >= 0.3 is 0 Å². The van der Waals surface area contributed by atoms with Gasteiger partial charge in [-0.25, -0.2) is 0 Å². The van der Waals surface area contributed by atoms with Crippen molar-refractivity contribution >= 4 is 11.5 Å². The van der Waals surface area contributed by atoms with Crippen LogP contribution in [0.2, 0.25) is 0 Å². The Morgan fingerprint density at radius 2 is 2.12 bits per heavy atom. The number of aliphatic hydroxyl groups is 1. The maximum Gasteiger partial charge on any atom is 0.169 e. The van der Waals surface area contributed by atoms with E-state index >= 15 is 0 Å². The summed E-state index contributed by atoms with van der Waals surface area (Å²) in [7, 11) is 0. The summed E-state index contributed by atoms with van der Waals surface area (Å²) < 4.78 is 0. The summed E-state index contributed by atoms with van der Waals surface area (Å²) in [5.74, 6) is -0.634. The molecular formula is C11H13NO4. The third kappa shape index (κ3) is 1.59. The first kappa shape index (κ1) is 11.1. The molecule has 1 aliphatic rings. The zero-order valence-electron chi connectivity index (χ0n) is 8.79. The molecule has 0 spiro atoms. The van der Waals surface area contributed by atoms with E-state index in [1.165, 1.54) is 6.07 Å². The minimum atomic E-state index is -0.737. The molecule has 0 saturated heterocycles. The Labute approximate surface area is 92.5 Å². The molecule has 0 aliphatic heterocycles. The first-order valence-corrected chi connectivity index (χ1v) is 5.04. The van der Waals surface area contributed by atoms with Crippen LogP contribution in [0.3, 0.4) is 0 Å². The van der Waals surface area contributed by atoms with Crippen LogP contribution in [0.25, 0.3) is 0 Å². The zero-order chi connectivity index (χ0) is 11.9. The summed E-state index contributed by atoms with van der Waals surface area (Å²) >= 11 is 0. The molecule has 1 aromatic rings. The molecule has 0 amide bonds. The fraction of sp³-hybridized carbons (Fsp3) is 0.364. The number of anilines is 1. The second-order valence-electron chi connectivity index (χ2n) is 4.01. The van der Waals surface area contributed by atoms with Gasteiger partial charge in [0, 0.05) is 5.56 Å². The van der Waals surface area contributed by atoms with Crippen molar-refractivity contribution in [2.45, 2.75) is 19.4 Å². The van der Waals surface area contributed by atoms with E-state index in [-0.39, 0.29) is 16.7 Å². The molecule has 2 unspecified atom stereocenters. The third-order valence-corrected chi connectivity index (χ3v) is 2.98. The largest absolute Gasteiger partial charge is 0.393 e. The van der Waals surface area contributed by atoms with E-state index in [1.807, 2.05) is 0 Å². The molecule has 0 fully saturated rings. The van der Waals surface area contributed by atoms with Crippen LogP contribution >= 0.6 is 0 Å². The van der Waals surface area contributed by atoms with Crippen molar-refractivity contribution in [2.75, 3.05) is 5.23 Å². The van der Waals surface area contributed by atoms with Crippen LogP contribution in [-0.2, 0) is 6.42 Å². The van der Waals surface area contributed by atoms with Gasteiger partial charge in [0.1, 0.15) is 0 Å². The molecule has 0 aromatic heterocycles. The molecule has 0 saturated carbocycles. The average molecular weight is 223 g/mol. The monoisotopic (exact) mass is 223 g/mol. The third-order valence-electron chi connectivity index (χ3n) is 2.98. The standard InChI is InChI=1S/C11H13NO4/c1-6(13)8-5-9-7(11(8)14)3-2-4-10(9)12(15)16/h2-4,6,8,13,15-16H,5H2,1H3. The number of nitrogens with zero attached hydrogens (tertiary/aromatic N) is 1. The number of Topliss-reactive ketones (excluding diaryl/α,β-unsaturated/α-hetero) is 1. The van der Waals surface area contributed by atoms with Gasteiger partial charge in [-0.15, -0.1) is 5.23 Å². The summed E-state index contributed by atoms with van der Waals surface area (Å²) in [6, 6.07) is 4.72. The lowest BCUT2D eigenvalue weighted by atomic mass is 9.99. The Kier molecular flexibility index (Phi) is 2.67. The van der Waals surface area contributed by atoms with Crippen LogP contribution in [0.1, 0.15) is 22.8 Å². The van der Waals surface area contributed by atoms with E-state index in [2.05, 4.69) is 0 Å². The highest BCUT2D eigenvalue weighted by Crippen LogP contribution is 2.34. The fourth-order valence-electron chi connectivity index (χ4n) is 2.11. The molecule has 0 bridgehead atoms. The van der Waals surface area contributed by atoms with Crippen LogP contribution in [0.4, 0.5) is 5.69 Å². The van der Waals surface area contributed by atoms with E-state index in [9.17, 15) is 9.90 Å². The van der Waals surface area contributed by atoms with E-state index in [0.717, 1.165) is 0 Å². The highest BCUT2D eigenvalue weighted by Gasteiger charge is 2.35. The van der Waals surface area contributed by atoms with Crippen LogP contribution in [0.5, 0.6) is 0 Å². The lowest BCUT2D eigenvalue weighted by molar-refractivity contribution is 0.0285. The van der Waals surface area contributed by atoms with E-state index in [1.54, 1.807) is 19.1 Å². The van der Waals surface area contributed by atoms with E-state index < -0.39 is 12.0 Å². The van der Waals surface area contributed by atoms with Gasteiger partial charge in [0.2, 0.25) is 0 Å². The Morgan fingerprint density at radius 3 is 2.69 bits per heavy atom. The summed E-state index contributed by atoms with van der Waals surface area (Å²) in [4.78, 5) is 11.9. The molecule has 3 N–H and O–H groups in total. The Morgan fingerprint density at radius 1 is 1.44 bits per heavy atom. The number of fused-ring (bicyclic) bond motifs is 1. The van der Waals surface area contributed by atoms with Crippen LogP contribution in [0.15, 0.2) is 18.2 Å². The predicted molar refractivity (Wildman–Crippen MR) is 55.7 cm³/mol. The molecule has 86 valence electrons. The van der Waals surface area contributed by atoms with Crippen molar-refractivity contribution in [3.63, 3.8) is 0 Å². The number of hydrogen-bond acceptors (Lipinski definition) is 5. The van der Waals surface area contributed by atoms with Gasteiger partial charge in [-0.2, -0.15) is 0 Å². The number of rotatable bonds is 2.